The molecule has 20 heavy (non-hydrogen) atoms. The van der Waals surface area contributed by atoms with Gasteiger partial charge in [-0.2, -0.15) is 5.10 Å². The lowest BCUT2D eigenvalue weighted by Gasteiger charge is -2.37. The smallest absolute Gasteiger partial charge is 0.0767 e. The Bertz CT molecular complexity index is 472. The van der Waals surface area contributed by atoms with Crippen LogP contribution < -0.4 is 0 Å². The van der Waals surface area contributed by atoms with Gasteiger partial charge in [0.1, 0.15) is 0 Å². The normalized spacial score (nSPS) is 30.1. The number of nitrogens with zero attached hydrogens (tertiary/aromatic N) is 3. The Kier molecular flexibility index (Phi) is 4.58. The molecular formula is C15H23Br2N3. The number of piperidine rings is 1. The second-order valence-corrected chi connectivity index (χ2v) is 8.09. The molecule has 0 aliphatic carbocycles. The van der Waals surface area contributed by atoms with Crippen LogP contribution in [0, 0.1) is 0 Å². The van der Waals surface area contributed by atoms with E-state index in [1.165, 1.54) is 41.5 Å². The van der Waals surface area contributed by atoms with Gasteiger partial charge in [0.15, 0.2) is 0 Å². The standard InChI is InChI=1S/C15H23Br2N3/c1-3-13-15(17)14(20(4-2)18-13)9-19-11-5-6-12(19)8-10(16)7-11/h10-12H,3-9H2,1-2H3. The van der Waals surface area contributed by atoms with Crippen molar-refractivity contribution in [3.05, 3.63) is 15.9 Å². The average Bonchev–Trinajstić information content (AvgIpc) is 2.86. The molecule has 3 nitrogen and oxygen atoms in total. The first-order valence-corrected chi connectivity index (χ1v) is 9.48. The molecule has 1 aromatic heterocycles. The van der Waals surface area contributed by atoms with Crippen LogP contribution in [0.3, 0.4) is 0 Å². The monoisotopic (exact) mass is 403 g/mol. The van der Waals surface area contributed by atoms with E-state index in [2.05, 4.69) is 55.3 Å². The first-order valence-electron chi connectivity index (χ1n) is 7.77. The van der Waals surface area contributed by atoms with Gasteiger partial charge in [-0.1, -0.05) is 22.9 Å². The topological polar surface area (TPSA) is 21.1 Å². The molecular weight excluding hydrogens is 382 g/mol. The van der Waals surface area contributed by atoms with Crippen molar-refractivity contribution in [2.24, 2.45) is 0 Å². The van der Waals surface area contributed by atoms with Crippen molar-refractivity contribution >= 4 is 31.9 Å². The number of hydrogen-bond donors (Lipinski definition) is 0. The molecule has 3 rings (SSSR count). The number of hydrogen-bond acceptors (Lipinski definition) is 2. The molecule has 2 atom stereocenters. The van der Waals surface area contributed by atoms with E-state index in [4.69, 9.17) is 5.10 Å². The SMILES string of the molecule is CCc1nn(CC)c(CN2C3CCC2CC(Br)C3)c1Br. The van der Waals surface area contributed by atoms with Crippen molar-refractivity contribution < 1.29 is 0 Å². The second-order valence-electron chi connectivity index (χ2n) is 6.00. The number of alkyl halides is 1. The number of fused-ring (bicyclic) bond motifs is 2. The number of aromatic nitrogens is 2. The highest BCUT2D eigenvalue weighted by Gasteiger charge is 2.40. The molecule has 0 amide bonds. The van der Waals surface area contributed by atoms with E-state index in [1.807, 2.05) is 0 Å². The number of halogens is 2. The fourth-order valence-corrected chi connectivity index (χ4v) is 5.36. The minimum atomic E-state index is 0.724. The summed E-state index contributed by atoms with van der Waals surface area (Å²) in [5.41, 5.74) is 2.57. The number of rotatable bonds is 4. The Hall–Kier alpha value is 0.130. The highest BCUT2D eigenvalue weighted by Crippen LogP contribution is 2.40. The van der Waals surface area contributed by atoms with Gasteiger partial charge in [-0.25, -0.2) is 0 Å². The van der Waals surface area contributed by atoms with Gasteiger partial charge in [-0.05, 0) is 55.0 Å². The van der Waals surface area contributed by atoms with Crippen LogP contribution in [0.1, 0.15) is 50.9 Å². The van der Waals surface area contributed by atoms with Crippen LogP contribution in [-0.2, 0) is 19.5 Å². The van der Waals surface area contributed by atoms with Crippen LogP contribution in [0.5, 0.6) is 0 Å². The lowest BCUT2D eigenvalue weighted by molar-refractivity contribution is 0.132. The molecule has 3 heterocycles. The Morgan fingerprint density at radius 1 is 1.20 bits per heavy atom. The van der Waals surface area contributed by atoms with E-state index in [0.717, 1.165) is 36.4 Å². The van der Waals surface area contributed by atoms with E-state index in [1.54, 1.807) is 0 Å². The van der Waals surface area contributed by atoms with Crippen molar-refractivity contribution in [2.45, 2.75) is 76.0 Å². The Labute approximate surface area is 138 Å². The predicted octanol–water partition coefficient (Wildman–Crippen LogP) is 4.12. The lowest BCUT2D eigenvalue weighted by atomic mass is 10.0. The van der Waals surface area contributed by atoms with E-state index in [0.29, 0.717) is 0 Å². The largest absolute Gasteiger partial charge is 0.292 e. The van der Waals surface area contributed by atoms with E-state index in [9.17, 15) is 0 Å². The van der Waals surface area contributed by atoms with Gasteiger partial charge in [-0.15, -0.1) is 0 Å². The summed E-state index contributed by atoms with van der Waals surface area (Å²) in [7, 11) is 0. The molecule has 0 saturated carbocycles. The molecule has 5 heteroatoms. The summed E-state index contributed by atoms with van der Waals surface area (Å²) >= 11 is 7.61. The zero-order valence-corrected chi connectivity index (χ0v) is 15.5. The van der Waals surface area contributed by atoms with Gasteiger partial charge in [0.2, 0.25) is 0 Å². The van der Waals surface area contributed by atoms with Gasteiger partial charge in [-0.3, -0.25) is 9.58 Å². The highest BCUT2D eigenvalue weighted by molar-refractivity contribution is 9.10. The summed E-state index contributed by atoms with van der Waals surface area (Å²) in [6, 6.07) is 1.52. The van der Waals surface area contributed by atoms with E-state index in [-0.39, 0.29) is 0 Å². The van der Waals surface area contributed by atoms with Crippen molar-refractivity contribution in [3.8, 4) is 0 Å². The van der Waals surface area contributed by atoms with Crippen molar-refractivity contribution in [1.82, 2.24) is 14.7 Å². The van der Waals surface area contributed by atoms with Gasteiger partial charge in [0, 0.05) is 30.0 Å². The zero-order valence-electron chi connectivity index (χ0n) is 12.3. The maximum Gasteiger partial charge on any atom is 0.0767 e. The van der Waals surface area contributed by atoms with Gasteiger partial charge < -0.3 is 0 Å². The fourth-order valence-electron chi connectivity index (χ4n) is 3.81. The molecule has 2 bridgehead atoms. The van der Waals surface area contributed by atoms with E-state index >= 15 is 0 Å². The summed E-state index contributed by atoms with van der Waals surface area (Å²) in [6.07, 6.45) is 6.33. The molecule has 2 saturated heterocycles. The second kappa shape index (κ2) is 6.09. The van der Waals surface area contributed by atoms with Gasteiger partial charge in [0.05, 0.1) is 15.9 Å². The molecule has 0 radical (unpaired) electrons. The Morgan fingerprint density at radius 3 is 2.40 bits per heavy atom. The summed E-state index contributed by atoms with van der Waals surface area (Å²) in [6.45, 7) is 6.37. The fraction of sp³-hybridized carbons (Fsp3) is 0.800. The summed E-state index contributed by atoms with van der Waals surface area (Å²) in [5.74, 6) is 0. The van der Waals surface area contributed by atoms with Crippen LogP contribution in [0.4, 0.5) is 0 Å². The van der Waals surface area contributed by atoms with Crippen molar-refractivity contribution in [2.75, 3.05) is 0 Å². The maximum atomic E-state index is 4.73. The lowest BCUT2D eigenvalue weighted by Crippen LogP contribution is -2.43. The third-order valence-corrected chi connectivity index (χ3v) is 6.52. The molecule has 2 aliphatic rings. The van der Waals surface area contributed by atoms with E-state index < -0.39 is 0 Å². The molecule has 2 fully saturated rings. The average molecular weight is 405 g/mol. The summed E-state index contributed by atoms with van der Waals surface area (Å²) in [5, 5.41) is 4.73. The van der Waals surface area contributed by atoms with Gasteiger partial charge in [0.25, 0.3) is 0 Å². The quantitative estimate of drug-likeness (QED) is 0.703. The first-order chi connectivity index (χ1) is 9.63. The molecule has 2 unspecified atom stereocenters. The van der Waals surface area contributed by atoms with Crippen molar-refractivity contribution in [1.29, 1.82) is 0 Å². The van der Waals surface area contributed by atoms with Crippen LogP contribution >= 0.6 is 31.9 Å². The zero-order chi connectivity index (χ0) is 14.3. The third kappa shape index (κ3) is 2.61. The predicted molar refractivity (Wildman–Crippen MR) is 89.3 cm³/mol. The Balaban J connectivity index is 1.83. The van der Waals surface area contributed by atoms with Crippen LogP contribution in [0.25, 0.3) is 0 Å². The molecule has 0 aromatic carbocycles. The maximum absolute atomic E-state index is 4.73. The molecule has 1 aromatic rings. The minimum Gasteiger partial charge on any atom is -0.292 e. The van der Waals surface area contributed by atoms with Crippen LogP contribution in [-0.4, -0.2) is 31.6 Å². The minimum absolute atomic E-state index is 0.724. The van der Waals surface area contributed by atoms with Crippen LogP contribution in [0.15, 0.2) is 4.47 Å². The van der Waals surface area contributed by atoms with Crippen LogP contribution in [0.2, 0.25) is 0 Å². The number of aryl methyl sites for hydroxylation is 2. The Morgan fingerprint density at radius 2 is 1.85 bits per heavy atom. The van der Waals surface area contributed by atoms with Crippen molar-refractivity contribution in [3.63, 3.8) is 0 Å². The highest BCUT2D eigenvalue weighted by atomic mass is 79.9. The third-order valence-electron chi connectivity index (χ3n) is 4.85. The first kappa shape index (κ1) is 15.0. The molecule has 0 spiro atoms. The summed E-state index contributed by atoms with van der Waals surface area (Å²) in [4.78, 5) is 3.45. The molecule has 2 aliphatic heterocycles. The van der Waals surface area contributed by atoms with Gasteiger partial charge >= 0.3 is 0 Å². The summed E-state index contributed by atoms with van der Waals surface area (Å²) < 4.78 is 3.42. The molecule has 112 valence electrons. The molecule has 0 N–H and O–H groups in total.